The highest BCUT2D eigenvalue weighted by atomic mass is 33.1. The maximum atomic E-state index is 5.34. The van der Waals surface area contributed by atoms with Crippen LogP contribution in [0, 0.1) is 0 Å². The SMILES string of the molecule is S=C(NC1CCCC1)SSC(=S)NC1CCCC1. The van der Waals surface area contributed by atoms with Crippen LogP contribution < -0.4 is 10.6 Å². The molecule has 102 valence electrons. The van der Waals surface area contributed by atoms with Crippen LogP contribution in [0.1, 0.15) is 51.4 Å². The average molecular weight is 321 g/mol. The Morgan fingerprint density at radius 3 is 1.39 bits per heavy atom. The highest BCUT2D eigenvalue weighted by Crippen LogP contribution is 2.27. The second-order valence-corrected chi connectivity index (χ2v) is 8.48. The van der Waals surface area contributed by atoms with Crippen LogP contribution in [-0.2, 0) is 0 Å². The van der Waals surface area contributed by atoms with E-state index in [-0.39, 0.29) is 0 Å². The number of hydrogen-bond acceptors (Lipinski definition) is 4. The van der Waals surface area contributed by atoms with Gasteiger partial charge in [0.15, 0.2) is 0 Å². The Hall–Kier alpha value is 0.480. The van der Waals surface area contributed by atoms with Crippen molar-refractivity contribution in [3.05, 3.63) is 0 Å². The van der Waals surface area contributed by atoms with Crippen LogP contribution in [0.5, 0.6) is 0 Å². The Kier molecular flexibility index (Phi) is 6.55. The lowest BCUT2D eigenvalue weighted by molar-refractivity contribution is 0.639. The first-order chi connectivity index (χ1) is 8.74. The molecule has 0 aromatic carbocycles. The van der Waals surface area contributed by atoms with Crippen LogP contribution in [-0.4, -0.2) is 20.7 Å². The van der Waals surface area contributed by atoms with Gasteiger partial charge < -0.3 is 10.6 Å². The van der Waals surface area contributed by atoms with Crippen molar-refractivity contribution in [1.82, 2.24) is 10.6 Å². The second kappa shape index (κ2) is 7.92. The molecular formula is C12H20N2S4. The van der Waals surface area contributed by atoms with Crippen molar-refractivity contribution in [2.24, 2.45) is 0 Å². The van der Waals surface area contributed by atoms with E-state index in [0.717, 1.165) is 8.64 Å². The van der Waals surface area contributed by atoms with Gasteiger partial charge in [-0.2, -0.15) is 0 Å². The summed E-state index contributed by atoms with van der Waals surface area (Å²) in [5.41, 5.74) is 0. The van der Waals surface area contributed by atoms with Gasteiger partial charge >= 0.3 is 0 Å². The van der Waals surface area contributed by atoms with Crippen molar-refractivity contribution in [3.63, 3.8) is 0 Å². The molecule has 2 nitrogen and oxygen atoms in total. The molecule has 0 unspecified atom stereocenters. The summed E-state index contributed by atoms with van der Waals surface area (Å²) in [5.74, 6) is 0. The zero-order valence-corrected chi connectivity index (χ0v) is 13.7. The van der Waals surface area contributed by atoms with E-state index in [4.69, 9.17) is 24.4 Å². The van der Waals surface area contributed by atoms with E-state index in [1.54, 1.807) is 21.6 Å². The smallest absolute Gasteiger partial charge is 0.145 e. The van der Waals surface area contributed by atoms with E-state index in [1.165, 1.54) is 51.4 Å². The Morgan fingerprint density at radius 1 is 0.722 bits per heavy atom. The van der Waals surface area contributed by atoms with Gasteiger partial charge in [-0.05, 0) is 47.3 Å². The Morgan fingerprint density at radius 2 is 1.06 bits per heavy atom. The number of rotatable bonds is 2. The third kappa shape index (κ3) is 5.23. The topological polar surface area (TPSA) is 24.1 Å². The minimum absolute atomic E-state index is 0.599. The summed E-state index contributed by atoms with van der Waals surface area (Å²) in [7, 11) is 3.18. The Labute approximate surface area is 128 Å². The van der Waals surface area contributed by atoms with Gasteiger partial charge in [0.2, 0.25) is 0 Å². The minimum atomic E-state index is 0.599. The molecule has 2 rings (SSSR count). The molecule has 0 aliphatic heterocycles. The van der Waals surface area contributed by atoms with Crippen LogP contribution >= 0.6 is 46.0 Å². The first-order valence-corrected chi connectivity index (χ1v) is 9.66. The zero-order chi connectivity index (χ0) is 12.8. The Bertz CT molecular complexity index is 266. The van der Waals surface area contributed by atoms with Gasteiger partial charge in [0.05, 0.1) is 0 Å². The molecule has 0 saturated heterocycles. The summed E-state index contributed by atoms with van der Waals surface area (Å²) >= 11 is 10.7. The first kappa shape index (κ1) is 14.9. The molecule has 2 aliphatic rings. The molecule has 6 heteroatoms. The largest absolute Gasteiger partial charge is 0.368 e. The molecule has 0 radical (unpaired) electrons. The fourth-order valence-corrected chi connectivity index (χ4v) is 4.87. The molecular weight excluding hydrogens is 300 g/mol. The van der Waals surface area contributed by atoms with Crippen LogP contribution in [0.15, 0.2) is 0 Å². The summed E-state index contributed by atoms with van der Waals surface area (Å²) in [5, 5.41) is 6.83. The van der Waals surface area contributed by atoms with Crippen molar-refractivity contribution in [2.75, 3.05) is 0 Å². The summed E-state index contributed by atoms with van der Waals surface area (Å²) in [6.45, 7) is 0. The van der Waals surface area contributed by atoms with E-state index >= 15 is 0 Å². The lowest BCUT2D eigenvalue weighted by Crippen LogP contribution is -2.30. The van der Waals surface area contributed by atoms with Crippen molar-refractivity contribution in [2.45, 2.75) is 63.5 Å². The van der Waals surface area contributed by atoms with Gasteiger partial charge in [-0.1, -0.05) is 50.1 Å². The first-order valence-electron chi connectivity index (χ1n) is 6.69. The predicted octanol–water partition coefficient (Wildman–Crippen LogP) is 4.00. The van der Waals surface area contributed by atoms with Gasteiger partial charge in [-0.25, -0.2) is 0 Å². The standard InChI is InChI=1S/C12H20N2S4/c15-11(13-9-5-1-2-6-9)17-18-12(16)14-10-7-3-4-8-10/h9-10H,1-8H2,(H,13,15)(H,14,16). The average Bonchev–Trinajstić information content (AvgIpc) is 2.99. The Balaban J connectivity index is 1.57. The monoisotopic (exact) mass is 320 g/mol. The molecule has 2 N–H and O–H groups in total. The fourth-order valence-electron chi connectivity index (χ4n) is 2.60. The lowest BCUT2D eigenvalue weighted by Gasteiger charge is -2.15. The number of hydrogen-bond donors (Lipinski definition) is 2. The van der Waals surface area contributed by atoms with Crippen molar-refractivity contribution in [1.29, 1.82) is 0 Å². The molecule has 2 saturated carbocycles. The van der Waals surface area contributed by atoms with E-state index in [0.29, 0.717) is 12.1 Å². The van der Waals surface area contributed by atoms with Gasteiger partial charge in [-0.3, -0.25) is 0 Å². The third-order valence-corrected chi connectivity index (χ3v) is 6.79. The van der Waals surface area contributed by atoms with Crippen LogP contribution in [0.25, 0.3) is 0 Å². The zero-order valence-electron chi connectivity index (χ0n) is 10.4. The normalized spacial score (nSPS) is 21.1. The second-order valence-electron chi connectivity index (χ2n) is 4.99. The molecule has 0 aromatic heterocycles. The quantitative estimate of drug-likeness (QED) is 0.589. The van der Waals surface area contributed by atoms with E-state index in [9.17, 15) is 0 Å². The fraction of sp³-hybridized carbons (Fsp3) is 0.833. The van der Waals surface area contributed by atoms with Crippen LogP contribution in [0.2, 0.25) is 0 Å². The molecule has 18 heavy (non-hydrogen) atoms. The summed E-state index contributed by atoms with van der Waals surface area (Å²) in [6.07, 6.45) is 10.4. The molecule has 0 heterocycles. The van der Waals surface area contributed by atoms with Gasteiger partial charge in [0.1, 0.15) is 8.64 Å². The summed E-state index contributed by atoms with van der Waals surface area (Å²) < 4.78 is 1.75. The third-order valence-electron chi connectivity index (χ3n) is 3.55. The summed E-state index contributed by atoms with van der Waals surface area (Å²) in [4.78, 5) is 0. The lowest BCUT2D eigenvalue weighted by atomic mass is 10.3. The molecule has 0 atom stereocenters. The molecule has 0 amide bonds. The van der Waals surface area contributed by atoms with Crippen molar-refractivity contribution < 1.29 is 0 Å². The molecule has 2 fully saturated rings. The van der Waals surface area contributed by atoms with E-state index in [2.05, 4.69) is 10.6 Å². The molecule has 2 aliphatic carbocycles. The van der Waals surface area contributed by atoms with Gasteiger partial charge in [0, 0.05) is 12.1 Å². The van der Waals surface area contributed by atoms with Crippen molar-refractivity contribution in [3.8, 4) is 0 Å². The van der Waals surface area contributed by atoms with E-state index in [1.807, 2.05) is 0 Å². The number of nitrogens with one attached hydrogen (secondary N) is 2. The number of thiocarbonyl (C=S) groups is 2. The maximum Gasteiger partial charge on any atom is 0.145 e. The van der Waals surface area contributed by atoms with Gasteiger partial charge in [-0.15, -0.1) is 0 Å². The molecule has 0 spiro atoms. The van der Waals surface area contributed by atoms with Crippen molar-refractivity contribution >= 4 is 54.7 Å². The highest BCUT2D eigenvalue weighted by Gasteiger charge is 2.18. The minimum Gasteiger partial charge on any atom is -0.368 e. The molecule has 0 bridgehead atoms. The maximum absolute atomic E-state index is 5.34. The van der Waals surface area contributed by atoms with Crippen LogP contribution in [0.3, 0.4) is 0 Å². The van der Waals surface area contributed by atoms with Gasteiger partial charge in [0.25, 0.3) is 0 Å². The molecule has 0 aromatic rings. The van der Waals surface area contributed by atoms with E-state index < -0.39 is 0 Å². The predicted molar refractivity (Wildman–Crippen MR) is 91.2 cm³/mol. The van der Waals surface area contributed by atoms with Crippen LogP contribution in [0.4, 0.5) is 0 Å². The summed E-state index contributed by atoms with van der Waals surface area (Å²) in [6, 6.07) is 1.20. The highest BCUT2D eigenvalue weighted by molar-refractivity contribution is 8.89.